The predicted molar refractivity (Wildman–Crippen MR) is 104 cm³/mol. The van der Waals surface area contributed by atoms with Gasteiger partial charge in [0.1, 0.15) is 11.8 Å². The van der Waals surface area contributed by atoms with Crippen molar-refractivity contribution in [3.63, 3.8) is 0 Å². The number of hydrogen-bond donors (Lipinski definition) is 1. The molecule has 0 saturated heterocycles. The minimum absolute atomic E-state index is 0.0421. The summed E-state index contributed by atoms with van der Waals surface area (Å²) in [5, 5.41) is 13.7. The molecule has 0 aromatic heterocycles. The molecule has 1 unspecified atom stereocenters. The molecule has 4 heteroatoms. The van der Waals surface area contributed by atoms with Crippen LogP contribution in [-0.2, 0) is 0 Å². The van der Waals surface area contributed by atoms with Crippen LogP contribution in [0.5, 0.6) is 5.75 Å². The van der Waals surface area contributed by atoms with E-state index in [1.54, 1.807) is 13.2 Å². The van der Waals surface area contributed by atoms with Gasteiger partial charge in [-0.2, -0.15) is 5.26 Å². The Hall–Kier alpha value is -2.18. The van der Waals surface area contributed by atoms with Gasteiger partial charge in [-0.3, -0.25) is 0 Å². The van der Waals surface area contributed by atoms with Gasteiger partial charge in [-0.15, -0.1) is 0 Å². The van der Waals surface area contributed by atoms with Gasteiger partial charge < -0.3 is 10.1 Å². The highest BCUT2D eigenvalue weighted by molar-refractivity contribution is 6.35. The first-order valence-electron chi connectivity index (χ1n) is 8.47. The predicted octanol–water partition coefficient (Wildman–Crippen LogP) is 5.89. The molecule has 1 aliphatic heterocycles. The summed E-state index contributed by atoms with van der Waals surface area (Å²) < 4.78 is 5.52. The molecular weight excluding hydrogens is 332 g/mol. The van der Waals surface area contributed by atoms with Crippen LogP contribution in [0.2, 0.25) is 5.02 Å². The first kappa shape index (κ1) is 17.6. The first-order valence-corrected chi connectivity index (χ1v) is 8.85. The number of halogens is 1. The Balaban J connectivity index is 2.27. The average Bonchev–Trinajstić information content (AvgIpc) is 2.55. The van der Waals surface area contributed by atoms with E-state index >= 15 is 0 Å². The lowest BCUT2D eigenvalue weighted by molar-refractivity contribution is 0.415. The topological polar surface area (TPSA) is 45.0 Å². The molecule has 0 fully saturated rings. The Kier molecular flexibility index (Phi) is 4.43. The number of anilines is 1. The van der Waals surface area contributed by atoms with Crippen LogP contribution in [0.15, 0.2) is 24.3 Å². The van der Waals surface area contributed by atoms with Crippen LogP contribution in [0.25, 0.3) is 11.1 Å². The third-order valence-electron chi connectivity index (χ3n) is 4.90. The number of hydrogen-bond acceptors (Lipinski definition) is 3. The fourth-order valence-electron chi connectivity index (χ4n) is 3.96. The maximum atomic E-state index is 9.36. The van der Waals surface area contributed by atoms with Gasteiger partial charge in [-0.25, -0.2) is 0 Å². The summed E-state index contributed by atoms with van der Waals surface area (Å²) in [4.78, 5) is 0. The molecule has 1 aliphatic rings. The normalized spacial score (nSPS) is 18.0. The molecule has 0 aliphatic carbocycles. The lowest BCUT2D eigenvalue weighted by Crippen LogP contribution is -2.37. The molecule has 3 rings (SSSR count). The van der Waals surface area contributed by atoms with Crippen molar-refractivity contribution in [1.29, 1.82) is 5.26 Å². The van der Waals surface area contributed by atoms with Crippen molar-refractivity contribution in [2.75, 3.05) is 12.4 Å². The van der Waals surface area contributed by atoms with E-state index < -0.39 is 0 Å². The lowest BCUT2D eigenvalue weighted by Gasteiger charge is -2.39. The Morgan fingerprint density at radius 2 is 2.04 bits per heavy atom. The fourth-order valence-corrected chi connectivity index (χ4v) is 4.40. The molecule has 0 radical (unpaired) electrons. The molecule has 2 aromatic rings. The van der Waals surface area contributed by atoms with E-state index in [2.05, 4.69) is 45.1 Å². The second-order valence-electron chi connectivity index (χ2n) is 7.46. The summed E-state index contributed by atoms with van der Waals surface area (Å²) in [6, 6.07) is 9.86. The van der Waals surface area contributed by atoms with Crippen LogP contribution in [0.4, 0.5) is 5.69 Å². The first-order chi connectivity index (χ1) is 11.8. The Labute approximate surface area is 154 Å². The van der Waals surface area contributed by atoms with Crippen molar-refractivity contribution in [3.05, 3.63) is 46.0 Å². The number of para-hydroxylation sites is 1. The van der Waals surface area contributed by atoms with E-state index in [0.29, 0.717) is 17.2 Å². The second-order valence-corrected chi connectivity index (χ2v) is 7.83. The Morgan fingerprint density at radius 3 is 2.68 bits per heavy atom. The molecule has 130 valence electrons. The van der Waals surface area contributed by atoms with Gasteiger partial charge in [0.2, 0.25) is 0 Å². The molecule has 1 atom stereocenters. The maximum absolute atomic E-state index is 9.36. The molecule has 0 saturated carbocycles. The summed E-state index contributed by atoms with van der Waals surface area (Å²) in [5.74, 6) is 0.922. The summed E-state index contributed by atoms with van der Waals surface area (Å²) in [6.45, 7) is 8.75. The van der Waals surface area contributed by atoms with E-state index in [-0.39, 0.29) is 5.54 Å². The monoisotopic (exact) mass is 354 g/mol. The van der Waals surface area contributed by atoms with E-state index in [4.69, 9.17) is 16.3 Å². The number of methoxy groups -OCH3 is 1. The van der Waals surface area contributed by atoms with Gasteiger partial charge in [-0.1, -0.05) is 30.7 Å². The molecule has 1 N–H and O–H groups in total. The van der Waals surface area contributed by atoms with Gasteiger partial charge in [0.25, 0.3) is 0 Å². The summed E-state index contributed by atoms with van der Waals surface area (Å²) in [7, 11) is 1.59. The van der Waals surface area contributed by atoms with Gasteiger partial charge in [0.05, 0.1) is 17.7 Å². The lowest BCUT2D eigenvalue weighted by atomic mass is 9.79. The third-order valence-corrected chi connectivity index (χ3v) is 5.31. The van der Waals surface area contributed by atoms with Crippen molar-refractivity contribution in [2.24, 2.45) is 0 Å². The molecule has 0 amide bonds. The molecule has 2 aromatic carbocycles. The van der Waals surface area contributed by atoms with Crippen molar-refractivity contribution in [2.45, 2.75) is 45.6 Å². The zero-order chi connectivity index (χ0) is 18.4. The van der Waals surface area contributed by atoms with Crippen molar-refractivity contribution >= 4 is 17.3 Å². The van der Waals surface area contributed by atoms with Crippen LogP contribution in [0, 0.1) is 18.3 Å². The minimum Gasteiger partial charge on any atom is -0.495 e. The smallest absolute Gasteiger partial charge is 0.144 e. The number of nitriles is 1. The van der Waals surface area contributed by atoms with Crippen molar-refractivity contribution < 1.29 is 4.74 Å². The van der Waals surface area contributed by atoms with E-state index in [9.17, 15) is 5.26 Å². The van der Waals surface area contributed by atoms with Gasteiger partial charge in [0.15, 0.2) is 0 Å². The highest BCUT2D eigenvalue weighted by Crippen LogP contribution is 2.49. The fraction of sp³-hybridized carbons (Fsp3) is 0.381. The number of nitrogens with one attached hydrogen (secondary N) is 1. The van der Waals surface area contributed by atoms with Gasteiger partial charge in [0, 0.05) is 22.4 Å². The second kappa shape index (κ2) is 6.28. The molecule has 1 heterocycles. The number of fused-ring (bicyclic) bond motifs is 1. The SMILES string of the molecule is COc1c(C#N)cccc1-c1cc(C)c2c(c1Cl)C(C)CC(C)(C)N2. The number of ether oxygens (including phenoxy) is 1. The van der Waals surface area contributed by atoms with Crippen LogP contribution < -0.4 is 10.1 Å². The molecule has 0 spiro atoms. The summed E-state index contributed by atoms with van der Waals surface area (Å²) in [5.41, 5.74) is 5.76. The van der Waals surface area contributed by atoms with Crippen LogP contribution in [0.3, 0.4) is 0 Å². The van der Waals surface area contributed by atoms with E-state index in [1.165, 1.54) is 0 Å². The highest BCUT2D eigenvalue weighted by atomic mass is 35.5. The van der Waals surface area contributed by atoms with Gasteiger partial charge in [-0.05, 0) is 56.4 Å². The third kappa shape index (κ3) is 2.96. The number of aryl methyl sites for hydroxylation is 1. The summed E-state index contributed by atoms with van der Waals surface area (Å²) >= 11 is 6.87. The van der Waals surface area contributed by atoms with Gasteiger partial charge >= 0.3 is 0 Å². The Morgan fingerprint density at radius 1 is 1.32 bits per heavy atom. The van der Waals surface area contributed by atoms with Crippen molar-refractivity contribution in [1.82, 2.24) is 0 Å². The number of nitrogens with zero attached hydrogens (tertiary/aromatic N) is 1. The summed E-state index contributed by atoms with van der Waals surface area (Å²) in [6.07, 6.45) is 1.01. The Bertz CT molecular complexity index is 880. The highest BCUT2D eigenvalue weighted by Gasteiger charge is 2.33. The molecule has 25 heavy (non-hydrogen) atoms. The standard InChI is InChI=1S/C21H23ClN2O/c1-12-9-16(15-8-6-7-14(11-23)20(15)25-5)18(22)17-13(2)10-21(3,4)24-19(12)17/h6-9,13,24H,10H2,1-5H3. The zero-order valence-electron chi connectivity index (χ0n) is 15.3. The zero-order valence-corrected chi connectivity index (χ0v) is 16.1. The quantitative estimate of drug-likeness (QED) is 0.730. The van der Waals surface area contributed by atoms with Crippen molar-refractivity contribution in [3.8, 4) is 22.9 Å². The van der Waals surface area contributed by atoms with E-state index in [0.717, 1.165) is 39.4 Å². The average molecular weight is 355 g/mol. The van der Waals surface area contributed by atoms with Crippen LogP contribution in [0.1, 0.15) is 49.8 Å². The van der Waals surface area contributed by atoms with Crippen LogP contribution >= 0.6 is 11.6 Å². The molecule has 0 bridgehead atoms. The minimum atomic E-state index is 0.0421. The number of benzene rings is 2. The van der Waals surface area contributed by atoms with E-state index in [1.807, 2.05) is 12.1 Å². The number of rotatable bonds is 2. The largest absolute Gasteiger partial charge is 0.495 e. The van der Waals surface area contributed by atoms with Crippen LogP contribution in [-0.4, -0.2) is 12.6 Å². The maximum Gasteiger partial charge on any atom is 0.144 e. The molecule has 3 nitrogen and oxygen atoms in total. The molecular formula is C21H23ClN2O.